The van der Waals surface area contributed by atoms with Crippen molar-refractivity contribution in [2.75, 3.05) is 12.0 Å². The average Bonchev–Trinajstić information content (AvgIpc) is 3.20. The lowest BCUT2D eigenvalue weighted by Crippen LogP contribution is -2.16. The molecule has 0 aliphatic heterocycles. The van der Waals surface area contributed by atoms with Gasteiger partial charge in [0.05, 0.1) is 13.2 Å². The molecule has 0 bridgehead atoms. The van der Waals surface area contributed by atoms with E-state index in [9.17, 15) is 4.39 Å². The predicted octanol–water partition coefficient (Wildman–Crippen LogP) is 5.63. The van der Waals surface area contributed by atoms with Gasteiger partial charge in [-0.2, -0.15) is 5.10 Å². The van der Waals surface area contributed by atoms with E-state index < -0.39 is 0 Å². The molecule has 0 unspecified atom stereocenters. The molecule has 170 valence electrons. The van der Waals surface area contributed by atoms with E-state index in [2.05, 4.69) is 36.5 Å². The van der Waals surface area contributed by atoms with Gasteiger partial charge >= 0.3 is 0 Å². The van der Waals surface area contributed by atoms with Gasteiger partial charge in [0.25, 0.3) is 0 Å². The van der Waals surface area contributed by atoms with Crippen LogP contribution in [0, 0.1) is 10.6 Å². The summed E-state index contributed by atoms with van der Waals surface area (Å²) in [6.45, 7) is 3.14. The zero-order valence-electron chi connectivity index (χ0n) is 17.7. The normalized spacial score (nSPS) is 10.8. The fourth-order valence-corrected chi connectivity index (χ4v) is 3.80. The van der Waals surface area contributed by atoms with Gasteiger partial charge in [-0.3, -0.25) is 4.98 Å². The molecule has 0 spiro atoms. The van der Waals surface area contributed by atoms with Gasteiger partial charge in [-0.1, -0.05) is 28.1 Å². The van der Waals surface area contributed by atoms with Crippen molar-refractivity contribution in [3.8, 4) is 22.9 Å². The van der Waals surface area contributed by atoms with Crippen LogP contribution < -0.4 is 14.9 Å². The first-order valence-electron chi connectivity index (χ1n) is 10.2. The lowest BCUT2D eigenvalue weighted by molar-refractivity contribution is 0.269. The number of halogens is 2. The highest BCUT2D eigenvalue weighted by molar-refractivity contribution is 9.10. The van der Waals surface area contributed by atoms with Gasteiger partial charge in [-0.25, -0.2) is 14.2 Å². The maximum absolute atomic E-state index is 13.1. The largest absolute Gasteiger partial charge is 0.490 e. The molecule has 33 heavy (non-hydrogen) atoms. The zero-order valence-corrected chi connectivity index (χ0v) is 20.1. The number of hydrogen-bond donors (Lipinski definition) is 2. The summed E-state index contributed by atoms with van der Waals surface area (Å²) in [5, 5.41) is 7.13. The molecule has 2 heterocycles. The van der Waals surface area contributed by atoms with Crippen molar-refractivity contribution in [1.29, 1.82) is 0 Å². The van der Waals surface area contributed by atoms with Crippen molar-refractivity contribution < 1.29 is 13.9 Å². The molecule has 0 radical (unpaired) electrons. The first-order chi connectivity index (χ1) is 16.0. The molecule has 0 saturated heterocycles. The third-order valence-electron chi connectivity index (χ3n) is 4.76. The summed E-state index contributed by atoms with van der Waals surface area (Å²) in [6, 6.07) is 13.7. The molecule has 0 atom stereocenters. The second kappa shape index (κ2) is 10.6. The summed E-state index contributed by atoms with van der Waals surface area (Å²) < 4.78 is 27.9. The van der Waals surface area contributed by atoms with Crippen LogP contribution in [-0.4, -0.2) is 26.5 Å². The van der Waals surface area contributed by atoms with Crippen molar-refractivity contribution in [1.82, 2.24) is 19.9 Å². The van der Waals surface area contributed by atoms with Crippen LogP contribution in [0.3, 0.4) is 0 Å². The Bertz CT molecular complexity index is 1280. The molecule has 0 saturated carbocycles. The number of hydrogen-bond acceptors (Lipinski definition) is 6. The van der Waals surface area contributed by atoms with Gasteiger partial charge in [0.1, 0.15) is 12.4 Å². The zero-order chi connectivity index (χ0) is 23.2. The number of H-pyrrole nitrogens is 1. The molecular weight excluding hydrogens is 509 g/mol. The Morgan fingerprint density at radius 3 is 2.55 bits per heavy atom. The molecule has 2 aromatic heterocycles. The lowest BCUT2D eigenvalue weighted by atomic mass is 10.2. The number of pyridine rings is 1. The van der Waals surface area contributed by atoms with Crippen LogP contribution >= 0.6 is 28.1 Å². The fourth-order valence-electron chi connectivity index (χ4n) is 3.14. The Balaban J connectivity index is 1.53. The minimum atomic E-state index is -0.279. The van der Waals surface area contributed by atoms with Crippen LogP contribution in [-0.2, 0) is 13.2 Å². The highest BCUT2D eigenvalue weighted by Crippen LogP contribution is 2.34. The van der Waals surface area contributed by atoms with Gasteiger partial charge in [-0.15, -0.1) is 0 Å². The molecule has 2 aromatic carbocycles. The van der Waals surface area contributed by atoms with E-state index in [0.29, 0.717) is 41.9 Å². The molecule has 0 fully saturated rings. The number of benzene rings is 2. The number of nitrogens with zero attached hydrogens (tertiary/aromatic N) is 3. The second-order valence-corrected chi connectivity index (χ2v) is 8.24. The average molecular weight is 530 g/mol. The number of ether oxygens (including phenoxy) is 2. The topological polar surface area (TPSA) is 77.0 Å². The molecule has 4 rings (SSSR count). The Kier molecular flexibility index (Phi) is 7.36. The molecule has 2 N–H and O–H groups in total. The van der Waals surface area contributed by atoms with E-state index in [0.717, 1.165) is 21.2 Å². The Morgan fingerprint density at radius 1 is 1.09 bits per heavy atom. The number of aromatic nitrogens is 4. The van der Waals surface area contributed by atoms with E-state index in [4.69, 9.17) is 21.7 Å². The van der Waals surface area contributed by atoms with Gasteiger partial charge < -0.3 is 14.9 Å². The predicted molar refractivity (Wildman–Crippen MR) is 130 cm³/mol. The minimum Gasteiger partial charge on any atom is -0.490 e. The van der Waals surface area contributed by atoms with Gasteiger partial charge in [-0.05, 0) is 66.7 Å². The highest BCUT2D eigenvalue weighted by atomic mass is 79.9. The van der Waals surface area contributed by atoms with Gasteiger partial charge in [0.2, 0.25) is 4.77 Å². The summed E-state index contributed by atoms with van der Waals surface area (Å²) >= 11 is 9.01. The quantitative estimate of drug-likeness (QED) is 0.274. The molecule has 7 nitrogen and oxygen atoms in total. The maximum atomic E-state index is 13.1. The first kappa shape index (κ1) is 22.9. The summed E-state index contributed by atoms with van der Waals surface area (Å²) in [5.41, 5.74) is 5.98. The molecule has 0 aliphatic carbocycles. The third-order valence-corrected chi connectivity index (χ3v) is 5.77. The van der Waals surface area contributed by atoms with Crippen molar-refractivity contribution >= 4 is 28.1 Å². The smallest absolute Gasteiger partial charge is 0.214 e. The van der Waals surface area contributed by atoms with Gasteiger partial charge in [0, 0.05) is 22.4 Å². The number of rotatable bonds is 9. The van der Waals surface area contributed by atoms with Crippen LogP contribution in [0.15, 0.2) is 65.4 Å². The van der Waals surface area contributed by atoms with E-state index >= 15 is 0 Å². The van der Waals surface area contributed by atoms with Crippen molar-refractivity contribution in [2.24, 2.45) is 0 Å². The van der Waals surface area contributed by atoms with E-state index in [1.54, 1.807) is 29.2 Å². The van der Waals surface area contributed by atoms with Crippen LogP contribution in [0.25, 0.3) is 11.4 Å². The minimum absolute atomic E-state index is 0.279. The summed E-state index contributed by atoms with van der Waals surface area (Å²) in [4.78, 5) is 4.04. The molecule has 0 amide bonds. The molecule has 4 aromatic rings. The van der Waals surface area contributed by atoms with Crippen molar-refractivity contribution in [3.63, 3.8) is 0 Å². The second-order valence-electron chi connectivity index (χ2n) is 7.00. The van der Waals surface area contributed by atoms with Crippen LogP contribution in [0.2, 0.25) is 0 Å². The van der Waals surface area contributed by atoms with E-state index in [1.165, 1.54) is 12.1 Å². The van der Waals surface area contributed by atoms with E-state index in [1.807, 2.05) is 31.2 Å². The van der Waals surface area contributed by atoms with Crippen LogP contribution in [0.4, 0.5) is 4.39 Å². The van der Waals surface area contributed by atoms with Crippen molar-refractivity contribution in [3.05, 3.63) is 87.1 Å². The SMILES string of the molecule is CCOc1cc(CNn2c(-c3ccncc3)n[nH]c2=S)c(Br)cc1OCc1ccc(F)cc1. The number of nitrogens with one attached hydrogen (secondary N) is 2. The Morgan fingerprint density at radius 2 is 1.82 bits per heavy atom. The monoisotopic (exact) mass is 529 g/mol. The Hall–Kier alpha value is -3.24. The molecule has 0 aliphatic rings. The standard InChI is InChI=1S/C23H21BrFN5O2S/c1-2-31-20-11-17(19(24)12-21(20)32-14-15-3-5-18(25)6-4-15)13-27-30-22(28-29-23(30)33)16-7-9-26-10-8-16/h3-12,27H,2,13-14H2,1H3,(H,29,33). The highest BCUT2D eigenvalue weighted by Gasteiger charge is 2.13. The first-order valence-corrected chi connectivity index (χ1v) is 11.4. The van der Waals surface area contributed by atoms with Gasteiger partial charge in [0.15, 0.2) is 17.3 Å². The summed E-state index contributed by atoms with van der Waals surface area (Å²) in [6.07, 6.45) is 3.40. The van der Waals surface area contributed by atoms with Crippen LogP contribution in [0.1, 0.15) is 18.1 Å². The molecular formula is C23H21BrFN5O2S. The van der Waals surface area contributed by atoms with E-state index in [-0.39, 0.29) is 5.82 Å². The summed E-state index contributed by atoms with van der Waals surface area (Å²) in [5.74, 6) is 1.58. The summed E-state index contributed by atoms with van der Waals surface area (Å²) in [7, 11) is 0. The van der Waals surface area contributed by atoms with Crippen LogP contribution in [0.5, 0.6) is 11.5 Å². The fraction of sp³-hybridized carbons (Fsp3) is 0.174. The number of aromatic amines is 1. The molecule has 10 heteroatoms. The Labute approximate surface area is 203 Å². The van der Waals surface area contributed by atoms with Crippen molar-refractivity contribution in [2.45, 2.75) is 20.1 Å². The maximum Gasteiger partial charge on any atom is 0.214 e. The third kappa shape index (κ3) is 5.58. The lowest BCUT2D eigenvalue weighted by Gasteiger charge is -2.16.